The summed E-state index contributed by atoms with van der Waals surface area (Å²) in [4.78, 5) is 22.8. The van der Waals surface area contributed by atoms with Gasteiger partial charge in [-0.05, 0) is 57.8 Å². The maximum absolute atomic E-state index is 12.6. The molecule has 0 radical (unpaired) electrons. The number of phosphoric ester groups is 1. The van der Waals surface area contributed by atoms with Crippen LogP contribution < -0.4 is 0 Å². The van der Waals surface area contributed by atoms with E-state index in [9.17, 15) is 14.3 Å². The fraction of sp³-hybridized carbons (Fsp3) is 0.738. The summed E-state index contributed by atoms with van der Waals surface area (Å²) < 4.78 is 34.8. The molecule has 0 amide bonds. The molecule has 0 aromatic rings. The Labute approximate surface area is 313 Å². The van der Waals surface area contributed by atoms with Crippen LogP contribution in [0.25, 0.3) is 0 Å². The van der Waals surface area contributed by atoms with Crippen LogP contribution in [-0.4, -0.2) is 75.6 Å². The average Bonchev–Trinajstić information content (AvgIpc) is 3.08. The second-order valence-electron chi connectivity index (χ2n) is 14.3. The van der Waals surface area contributed by atoms with Gasteiger partial charge in [-0.15, -0.1) is 0 Å². The molecule has 9 heteroatoms. The van der Waals surface area contributed by atoms with E-state index in [0.29, 0.717) is 24.1 Å². The third-order valence-electron chi connectivity index (χ3n) is 8.09. The minimum atomic E-state index is -4.27. The molecule has 0 bridgehead atoms. The van der Waals surface area contributed by atoms with Crippen molar-refractivity contribution in [1.82, 2.24) is 0 Å². The molecule has 296 valence electrons. The van der Waals surface area contributed by atoms with Gasteiger partial charge in [0.2, 0.25) is 0 Å². The van der Waals surface area contributed by atoms with Gasteiger partial charge in [-0.1, -0.05) is 139 Å². The maximum atomic E-state index is 12.6. The molecular formula is C42H77NO7P+. The van der Waals surface area contributed by atoms with E-state index in [2.05, 4.69) is 74.6 Å². The second kappa shape index (κ2) is 35.2. The molecule has 0 aromatic heterocycles. The summed E-state index contributed by atoms with van der Waals surface area (Å²) in [5.41, 5.74) is 0. The Balaban J connectivity index is 4.24. The molecule has 8 nitrogen and oxygen atoms in total. The fourth-order valence-corrected chi connectivity index (χ4v) is 5.73. The Morgan fingerprint density at radius 1 is 0.627 bits per heavy atom. The van der Waals surface area contributed by atoms with Gasteiger partial charge in [0.1, 0.15) is 19.3 Å². The minimum absolute atomic E-state index is 0.0823. The lowest BCUT2D eigenvalue weighted by Gasteiger charge is -2.24. The van der Waals surface area contributed by atoms with Crippen LogP contribution in [0, 0.1) is 0 Å². The molecule has 0 saturated heterocycles. The molecule has 51 heavy (non-hydrogen) atoms. The summed E-state index contributed by atoms with van der Waals surface area (Å²) in [6.07, 6.45) is 42.5. The molecule has 0 aliphatic carbocycles. The van der Waals surface area contributed by atoms with Crippen LogP contribution in [0.1, 0.15) is 142 Å². The monoisotopic (exact) mass is 739 g/mol. The lowest BCUT2D eigenvalue weighted by molar-refractivity contribution is -0.870. The molecule has 0 aromatic carbocycles. The third-order valence-corrected chi connectivity index (χ3v) is 9.08. The van der Waals surface area contributed by atoms with Gasteiger partial charge >= 0.3 is 13.8 Å². The summed E-state index contributed by atoms with van der Waals surface area (Å²) in [7, 11) is 1.64. The maximum Gasteiger partial charge on any atom is 0.472 e. The number of hydrogen-bond donors (Lipinski definition) is 1. The molecule has 0 aliphatic rings. The third kappa shape index (κ3) is 39.2. The van der Waals surface area contributed by atoms with E-state index in [1.807, 2.05) is 21.1 Å². The number of ether oxygens (including phenoxy) is 2. The minimum Gasteiger partial charge on any atom is -0.457 e. The van der Waals surface area contributed by atoms with Crippen molar-refractivity contribution in [3.8, 4) is 0 Å². The number of carbonyl (C=O) groups is 1. The Kier molecular flexibility index (Phi) is 34.0. The van der Waals surface area contributed by atoms with Gasteiger partial charge in [0.05, 0.1) is 34.4 Å². The van der Waals surface area contributed by atoms with Gasteiger partial charge in [-0.2, -0.15) is 0 Å². The van der Waals surface area contributed by atoms with Gasteiger partial charge in [-0.3, -0.25) is 13.8 Å². The van der Waals surface area contributed by atoms with Crippen molar-refractivity contribution in [2.24, 2.45) is 0 Å². The quantitative estimate of drug-likeness (QED) is 0.0225. The number of quaternary nitrogens is 1. The zero-order chi connectivity index (χ0) is 37.7. The van der Waals surface area contributed by atoms with Gasteiger partial charge in [0, 0.05) is 13.0 Å². The number of unbranched alkanes of at least 4 members (excludes halogenated alkanes) is 12. The van der Waals surface area contributed by atoms with E-state index in [0.717, 1.165) is 83.5 Å². The molecule has 0 heterocycles. The smallest absolute Gasteiger partial charge is 0.457 e. The van der Waals surface area contributed by atoms with Crippen molar-refractivity contribution < 1.29 is 37.3 Å². The molecule has 2 atom stereocenters. The number of allylic oxidation sites excluding steroid dienone is 10. The summed E-state index contributed by atoms with van der Waals surface area (Å²) in [5, 5.41) is 0. The zero-order valence-corrected chi connectivity index (χ0v) is 34.2. The van der Waals surface area contributed by atoms with E-state index >= 15 is 0 Å². The lowest BCUT2D eigenvalue weighted by atomic mass is 10.1. The first-order chi connectivity index (χ1) is 24.6. The SMILES string of the molecule is CC/C=C\C/C=C\C/C=C\C/C=C\C/C=C\CCCCCCCC(=O)OC(COCCCCCCCCCC)COP(=O)(O)OCC[N+](C)(C)C. The summed E-state index contributed by atoms with van der Waals surface area (Å²) in [6, 6.07) is 0. The molecule has 2 unspecified atom stereocenters. The van der Waals surface area contributed by atoms with Crippen LogP contribution in [0.3, 0.4) is 0 Å². The number of hydrogen-bond acceptors (Lipinski definition) is 6. The molecular weight excluding hydrogens is 661 g/mol. The Bertz CT molecular complexity index is 1000. The van der Waals surface area contributed by atoms with E-state index in [-0.39, 0.29) is 25.8 Å². The number of nitrogens with zero attached hydrogens (tertiary/aromatic N) is 1. The van der Waals surface area contributed by atoms with Gasteiger partial charge in [0.25, 0.3) is 0 Å². The number of rotatable bonds is 36. The van der Waals surface area contributed by atoms with Crippen molar-refractivity contribution in [3.63, 3.8) is 0 Å². The second-order valence-corrected chi connectivity index (χ2v) is 15.7. The standard InChI is InChI=1S/C42H76NO7P/c1-6-8-10-12-14-16-17-18-19-20-21-22-23-24-25-26-27-28-29-31-33-35-42(44)50-41(39-47-37-34-32-30-15-13-11-9-7-2)40-49-51(45,46)48-38-36-43(3,4)5/h8,10,14,16,18-19,21-22,24-25,41H,6-7,9,11-13,15,17,20,23,26-40H2,1-5H3/p+1/b10-8-,16-14-,19-18-,22-21-,25-24-. The van der Waals surface area contributed by atoms with E-state index < -0.39 is 13.9 Å². The zero-order valence-electron chi connectivity index (χ0n) is 33.3. The first-order valence-corrected chi connectivity index (χ1v) is 21.5. The van der Waals surface area contributed by atoms with Gasteiger partial charge in [-0.25, -0.2) is 4.57 Å². The number of esters is 1. The number of phosphoric acid groups is 1. The van der Waals surface area contributed by atoms with Crippen molar-refractivity contribution >= 4 is 13.8 Å². The summed E-state index contributed by atoms with van der Waals surface area (Å²) in [6.45, 7) is 5.44. The first kappa shape index (κ1) is 49.2. The normalized spacial score (nSPS) is 14.5. The van der Waals surface area contributed by atoms with E-state index in [1.54, 1.807) is 0 Å². The molecule has 0 aliphatic heterocycles. The number of likely N-dealkylation sites (N-methyl/N-ethyl adjacent to an activating group) is 1. The van der Waals surface area contributed by atoms with Crippen LogP contribution in [0.15, 0.2) is 60.8 Å². The van der Waals surface area contributed by atoms with E-state index in [4.69, 9.17) is 18.5 Å². The highest BCUT2D eigenvalue weighted by atomic mass is 31.2. The summed E-state index contributed by atoms with van der Waals surface area (Å²) >= 11 is 0. The Morgan fingerprint density at radius 2 is 1.14 bits per heavy atom. The van der Waals surface area contributed by atoms with E-state index in [1.165, 1.54) is 38.5 Å². The van der Waals surface area contributed by atoms with Crippen LogP contribution in [0.4, 0.5) is 0 Å². The van der Waals surface area contributed by atoms with Crippen LogP contribution in [-0.2, 0) is 27.9 Å². The molecule has 1 N–H and O–H groups in total. The summed E-state index contributed by atoms with van der Waals surface area (Å²) in [5.74, 6) is -0.336. The topological polar surface area (TPSA) is 91.3 Å². The lowest BCUT2D eigenvalue weighted by Crippen LogP contribution is -2.37. The Morgan fingerprint density at radius 3 is 1.71 bits per heavy atom. The fourth-order valence-electron chi connectivity index (χ4n) is 4.99. The highest BCUT2D eigenvalue weighted by Gasteiger charge is 2.26. The highest BCUT2D eigenvalue weighted by molar-refractivity contribution is 7.47. The van der Waals surface area contributed by atoms with Crippen molar-refractivity contribution in [2.45, 2.75) is 148 Å². The molecule has 0 rings (SSSR count). The van der Waals surface area contributed by atoms with Gasteiger partial charge < -0.3 is 18.9 Å². The molecule has 0 fully saturated rings. The van der Waals surface area contributed by atoms with Crippen molar-refractivity contribution in [3.05, 3.63) is 60.8 Å². The first-order valence-electron chi connectivity index (χ1n) is 20.0. The molecule has 0 spiro atoms. The van der Waals surface area contributed by atoms with Crippen molar-refractivity contribution in [2.75, 3.05) is 54.1 Å². The highest BCUT2D eigenvalue weighted by Crippen LogP contribution is 2.43. The van der Waals surface area contributed by atoms with Crippen LogP contribution in [0.2, 0.25) is 0 Å². The van der Waals surface area contributed by atoms with Crippen LogP contribution >= 0.6 is 7.82 Å². The average molecular weight is 739 g/mol. The number of carbonyl (C=O) groups excluding carboxylic acids is 1. The van der Waals surface area contributed by atoms with Crippen molar-refractivity contribution in [1.29, 1.82) is 0 Å². The van der Waals surface area contributed by atoms with Gasteiger partial charge in [0.15, 0.2) is 0 Å². The Hall–Kier alpha value is -1.80. The predicted molar refractivity (Wildman–Crippen MR) is 215 cm³/mol. The predicted octanol–water partition coefficient (Wildman–Crippen LogP) is 11.4. The largest absolute Gasteiger partial charge is 0.472 e. The molecule has 0 saturated carbocycles. The van der Waals surface area contributed by atoms with Crippen LogP contribution in [0.5, 0.6) is 0 Å².